The van der Waals surface area contributed by atoms with Crippen LogP contribution in [0.3, 0.4) is 0 Å². The van der Waals surface area contributed by atoms with E-state index >= 15 is 0 Å². The van der Waals surface area contributed by atoms with Crippen molar-refractivity contribution in [2.45, 2.75) is 45.4 Å². The maximum atomic E-state index is 13.5. The van der Waals surface area contributed by atoms with Crippen LogP contribution in [0.2, 0.25) is 0 Å². The fourth-order valence-corrected chi connectivity index (χ4v) is 2.27. The summed E-state index contributed by atoms with van der Waals surface area (Å²) in [5.74, 6) is -0.883. The zero-order chi connectivity index (χ0) is 15.6. The Balaban J connectivity index is 1.95. The van der Waals surface area contributed by atoms with Crippen molar-refractivity contribution in [3.8, 4) is 0 Å². The number of carbonyl (C=O) groups excluding carboxylic acids is 2. The quantitative estimate of drug-likeness (QED) is 0.922. The zero-order valence-corrected chi connectivity index (χ0v) is 12.6. The van der Waals surface area contributed by atoms with Gasteiger partial charge in [0.25, 0.3) is 5.91 Å². The third kappa shape index (κ3) is 3.80. The summed E-state index contributed by atoms with van der Waals surface area (Å²) in [6.45, 7) is 5.47. The predicted molar refractivity (Wildman–Crippen MR) is 78.3 cm³/mol. The lowest BCUT2D eigenvalue weighted by molar-refractivity contribution is -0.136. The van der Waals surface area contributed by atoms with Crippen molar-refractivity contribution >= 4 is 11.8 Å². The molecule has 0 aliphatic carbocycles. The van der Waals surface area contributed by atoms with Gasteiger partial charge in [0.05, 0.1) is 0 Å². The van der Waals surface area contributed by atoms with E-state index < -0.39 is 17.6 Å². The van der Waals surface area contributed by atoms with E-state index in [4.69, 9.17) is 0 Å². The molecule has 1 aromatic carbocycles. The standard InChI is InChI=1S/C16H21FN2O2/c1-11-4-6-12(7-5-11)10-19-9-8-13(14(19)20)18-15(21)16(2,3)17/h4-7,13H,8-10H2,1-3H3,(H,18,21). The highest BCUT2D eigenvalue weighted by Gasteiger charge is 2.36. The normalized spacial score (nSPS) is 19.0. The van der Waals surface area contributed by atoms with E-state index in [2.05, 4.69) is 5.32 Å². The average Bonchev–Trinajstić information content (AvgIpc) is 2.73. The number of hydrogen-bond acceptors (Lipinski definition) is 2. The number of carbonyl (C=O) groups is 2. The molecule has 0 radical (unpaired) electrons. The Labute approximate surface area is 124 Å². The summed E-state index contributed by atoms with van der Waals surface area (Å²) in [6.07, 6.45) is 0.520. The van der Waals surface area contributed by atoms with Crippen molar-refractivity contribution < 1.29 is 14.0 Å². The van der Waals surface area contributed by atoms with Gasteiger partial charge in [0.1, 0.15) is 6.04 Å². The van der Waals surface area contributed by atoms with Crippen molar-refractivity contribution in [1.82, 2.24) is 10.2 Å². The highest BCUT2D eigenvalue weighted by Crippen LogP contribution is 2.17. The molecule has 1 fully saturated rings. The summed E-state index contributed by atoms with van der Waals surface area (Å²) in [5, 5.41) is 2.49. The predicted octanol–water partition coefficient (Wildman–Crippen LogP) is 1.96. The van der Waals surface area contributed by atoms with Gasteiger partial charge in [0, 0.05) is 13.1 Å². The fourth-order valence-electron chi connectivity index (χ4n) is 2.27. The van der Waals surface area contributed by atoms with Crippen LogP contribution in [0.25, 0.3) is 0 Å². The Hall–Kier alpha value is -1.91. The second-order valence-electron chi connectivity index (χ2n) is 6.03. The van der Waals surface area contributed by atoms with E-state index in [1.54, 1.807) is 4.90 Å². The molecule has 5 heteroatoms. The topological polar surface area (TPSA) is 49.4 Å². The smallest absolute Gasteiger partial charge is 0.257 e. The van der Waals surface area contributed by atoms with Crippen LogP contribution in [0.15, 0.2) is 24.3 Å². The fraction of sp³-hybridized carbons (Fsp3) is 0.500. The van der Waals surface area contributed by atoms with E-state index in [1.165, 1.54) is 19.4 Å². The van der Waals surface area contributed by atoms with Gasteiger partial charge in [0.2, 0.25) is 5.91 Å². The molecule has 1 aromatic rings. The Morgan fingerprint density at radius 3 is 2.57 bits per heavy atom. The molecule has 21 heavy (non-hydrogen) atoms. The third-order valence-electron chi connectivity index (χ3n) is 3.64. The molecule has 1 saturated heterocycles. The largest absolute Gasteiger partial charge is 0.341 e. The first kappa shape index (κ1) is 15.5. The first-order valence-corrected chi connectivity index (χ1v) is 7.11. The Morgan fingerprint density at radius 2 is 2.00 bits per heavy atom. The van der Waals surface area contributed by atoms with Crippen LogP contribution >= 0.6 is 0 Å². The molecule has 0 spiro atoms. The van der Waals surface area contributed by atoms with Crippen molar-refractivity contribution in [2.75, 3.05) is 6.54 Å². The molecular weight excluding hydrogens is 271 g/mol. The average molecular weight is 292 g/mol. The van der Waals surface area contributed by atoms with Gasteiger partial charge >= 0.3 is 0 Å². The number of nitrogens with zero attached hydrogens (tertiary/aromatic N) is 1. The molecule has 0 bridgehead atoms. The van der Waals surface area contributed by atoms with E-state index in [-0.39, 0.29) is 5.91 Å². The SMILES string of the molecule is Cc1ccc(CN2CCC(NC(=O)C(C)(C)F)C2=O)cc1. The second-order valence-corrected chi connectivity index (χ2v) is 6.03. The minimum Gasteiger partial charge on any atom is -0.341 e. The summed E-state index contributed by atoms with van der Waals surface area (Å²) in [5.41, 5.74) is 0.249. The Bertz CT molecular complexity index is 534. The van der Waals surface area contributed by atoms with Gasteiger partial charge in [-0.15, -0.1) is 0 Å². The van der Waals surface area contributed by atoms with Crippen LogP contribution in [0.5, 0.6) is 0 Å². The molecule has 2 amide bonds. The summed E-state index contributed by atoms with van der Waals surface area (Å²) in [7, 11) is 0. The minimum atomic E-state index is -1.97. The molecule has 0 aromatic heterocycles. The number of amides is 2. The van der Waals surface area contributed by atoms with Crippen LogP contribution in [0.4, 0.5) is 4.39 Å². The number of hydrogen-bond donors (Lipinski definition) is 1. The first-order chi connectivity index (χ1) is 9.77. The van der Waals surface area contributed by atoms with Crippen LogP contribution < -0.4 is 5.32 Å². The van der Waals surface area contributed by atoms with Crippen LogP contribution in [-0.2, 0) is 16.1 Å². The molecule has 114 valence electrons. The number of rotatable bonds is 4. The van der Waals surface area contributed by atoms with Gasteiger partial charge in [-0.05, 0) is 32.8 Å². The summed E-state index contributed by atoms with van der Waals surface area (Å²) in [6, 6.07) is 7.36. The molecule has 2 rings (SSSR count). The molecular formula is C16H21FN2O2. The molecule has 4 nitrogen and oxygen atoms in total. The number of aryl methyl sites for hydroxylation is 1. The third-order valence-corrected chi connectivity index (χ3v) is 3.64. The second kappa shape index (κ2) is 5.84. The molecule has 1 N–H and O–H groups in total. The number of halogens is 1. The first-order valence-electron chi connectivity index (χ1n) is 7.11. The lowest BCUT2D eigenvalue weighted by Crippen LogP contribution is -2.47. The summed E-state index contributed by atoms with van der Waals surface area (Å²) in [4.78, 5) is 25.5. The summed E-state index contributed by atoms with van der Waals surface area (Å²) >= 11 is 0. The van der Waals surface area contributed by atoms with Gasteiger partial charge in [-0.25, -0.2) is 4.39 Å². The van der Waals surface area contributed by atoms with Crippen LogP contribution in [-0.4, -0.2) is 35.0 Å². The van der Waals surface area contributed by atoms with E-state index in [1.807, 2.05) is 31.2 Å². The highest BCUT2D eigenvalue weighted by molar-refractivity contribution is 5.92. The number of nitrogens with one attached hydrogen (secondary N) is 1. The minimum absolute atomic E-state index is 0.145. The van der Waals surface area contributed by atoms with Gasteiger partial charge in [-0.2, -0.15) is 0 Å². The number of likely N-dealkylation sites (tertiary alicyclic amines) is 1. The molecule has 1 heterocycles. The number of benzene rings is 1. The van der Waals surface area contributed by atoms with Crippen molar-refractivity contribution in [2.24, 2.45) is 0 Å². The van der Waals surface area contributed by atoms with Gasteiger partial charge < -0.3 is 10.2 Å². The maximum absolute atomic E-state index is 13.5. The van der Waals surface area contributed by atoms with Crippen molar-refractivity contribution in [3.63, 3.8) is 0 Å². The monoisotopic (exact) mass is 292 g/mol. The maximum Gasteiger partial charge on any atom is 0.257 e. The van der Waals surface area contributed by atoms with Gasteiger partial charge in [-0.3, -0.25) is 9.59 Å². The van der Waals surface area contributed by atoms with Crippen molar-refractivity contribution in [1.29, 1.82) is 0 Å². The highest BCUT2D eigenvalue weighted by atomic mass is 19.1. The molecule has 1 unspecified atom stereocenters. The molecule has 1 atom stereocenters. The Morgan fingerprint density at radius 1 is 1.38 bits per heavy atom. The molecule has 1 aliphatic heterocycles. The number of alkyl halides is 1. The van der Waals surface area contributed by atoms with Gasteiger partial charge in [-0.1, -0.05) is 29.8 Å². The van der Waals surface area contributed by atoms with Crippen LogP contribution in [0, 0.1) is 6.92 Å². The van der Waals surface area contributed by atoms with E-state index in [9.17, 15) is 14.0 Å². The Kier molecular flexibility index (Phi) is 4.30. The lowest BCUT2D eigenvalue weighted by atomic mass is 10.1. The van der Waals surface area contributed by atoms with E-state index in [0.717, 1.165) is 5.56 Å². The molecule has 1 aliphatic rings. The zero-order valence-electron chi connectivity index (χ0n) is 12.6. The van der Waals surface area contributed by atoms with Crippen LogP contribution in [0.1, 0.15) is 31.4 Å². The summed E-state index contributed by atoms with van der Waals surface area (Å²) < 4.78 is 13.5. The van der Waals surface area contributed by atoms with Crippen molar-refractivity contribution in [3.05, 3.63) is 35.4 Å². The van der Waals surface area contributed by atoms with Gasteiger partial charge in [0.15, 0.2) is 5.67 Å². The van der Waals surface area contributed by atoms with E-state index in [0.29, 0.717) is 19.5 Å². The lowest BCUT2D eigenvalue weighted by Gasteiger charge is -2.19. The molecule has 0 saturated carbocycles.